The molecule has 1 unspecified atom stereocenters. The summed E-state index contributed by atoms with van der Waals surface area (Å²) in [6.45, 7) is 1.48. The van der Waals surface area contributed by atoms with Crippen molar-refractivity contribution in [1.29, 1.82) is 0 Å². The number of carbonyl (C=O) groups excluding carboxylic acids is 1. The van der Waals surface area contributed by atoms with Crippen molar-refractivity contribution in [3.8, 4) is 5.75 Å². The van der Waals surface area contributed by atoms with E-state index < -0.39 is 39.9 Å². The number of hydrogen-bond donors (Lipinski definition) is 0. The maximum Gasteiger partial charge on any atom is 0.573 e. The van der Waals surface area contributed by atoms with Gasteiger partial charge in [0.1, 0.15) is 5.75 Å². The second-order valence-electron chi connectivity index (χ2n) is 5.28. The van der Waals surface area contributed by atoms with Crippen molar-refractivity contribution in [3.63, 3.8) is 0 Å². The molecule has 0 aromatic heterocycles. The first kappa shape index (κ1) is 17.5. The summed E-state index contributed by atoms with van der Waals surface area (Å²) in [5.41, 5.74) is 0.687. The van der Waals surface area contributed by atoms with Crippen molar-refractivity contribution in [3.05, 3.63) is 23.8 Å². The summed E-state index contributed by atoms with van der Waals surface area (Å²) in [6, 6.07) is 3.46. The minimum absolute atomic E-state index is 0.0116. The molecule has 1 heterocycles. The van der Waals surface area contributed by atoms with Crippen LogP contribution in [-0.4, -0.2) is 33.0 Å². The molecule has 1 aromatic rings. The number of carbonyl (C=O) groups is 1. The summed E-state index contributed by atoms with van der Waals surface area (Å²) in [6.07, 6.45) is -4.96. The Morgan fingerprint density at radius 2 is 2.00 bits per heavy atom. The molecule has 2 rings (SSSR count). The molecular formula is C13H13F4NO4S. The molecule has 0 bridgehead atoms. The van der Waals surface area contributed by atoms with Gasteiger partial charge in [-0.15, -0.1) is 17.1 Å². The van der Waals surface area contributed by atoms with Gasteiger partial charge in [0.25, 0.3) is 0 Å². The highest BCUT2D eigenvalue weighted by atomic mass is 32.3. The Balaban J connectivity index is 2.17. The maximum atomic E-state index is 12.7. The van der Waals surface area contributed by atoms with Crippen molar-refractivity contribution in [2.45, 2.75) is 19.7 Å². The third-order valence-corrected chi connectivity index (χ3v) is 4.20. The summed E-state index contributed by atoms with van der Waals surface area (Å²) < 4.78 is 74.3. The fraction of sp³-hybridized carbons (Fsp3) is 0.462. The lowest BCUT2D eigenvalue weighted by molar-refractivity contribution is -0.274. The van der Waals surface area contributed by atoms with E-state index in [9.17, 15) is 30.3 Å². The normalized spacial score (nSPS) is 19.3. The van der Waals surface area contributed by atoms with Crippen molar-refractivity contribution in [2.75, 3.05) is 17.2 Å². The highest BCUT2D eigenvalue weighted by Crippen LogP contribution is 2.32. The van der Waals surface area contributed by atoms with Gasteiger partial charge in [-0.2, -0.15) is 8.42 Å². The van der Waals surface area contributed by atoms with E-state index in [2.05, 4.69) is 4.74 Å². The molecule has 128 valence electrons. The molecule has 0 radical (unpaired) electrons. The van der Waals surface area contributed by atoms with Crippen LogP contribution in [0, 0.1) is 12.8 Å². The zero-order valence-corrected chi connectivity index (χ0v) is 12.7. The van der Waals surface area contributed by atoms with Gasteiger partial charge >= 0.3 is 16.6 Å². The molecule has 1 fully saturated rings. The van der Waals surface area contributed by atoms with Crippen LogP contribution in [0.25, 0.3) is 0 Å². The Morgan fingerprint density at radius 3 is 2.52 bits per heavy atom. The molecule has 1 aromatic carbocycles. The average Bonchev–Trinajstić information content (AvgIpc) is 2.65. The second-order valence-corrected chi connectivity index (χ2v) is 6.69. The maximum absolute atomic E-state index is 12.7. The smallest absolute Gasteiger partial charge is 0.406 e. The molecule has 10 heteroatoms. The topological polar surface area (TPSA) is 63.7 Å². The first-order valence-electron chi connectivity index (χ1n) is 6.54. The van der Waals surface area contributed by atoms with Crippen molar-refractivity contribution in [1.82, 2.24) is 0 Å². The Morgan fingerprint density at radius 1 is 1.35 bits per heavy atom. The lowest BCUT2D eigenvalue weighted by Crippen LogP contribution is -2.26. The van der Waals surface area contributed by atoms with Gasteiger partial charge in [0.2, 0.25) is 5.91 Å². The largest absolute Gasteiger partial charge is 0.573 e. The fourth-order valence-corrected chi connectivity index (χ4v) is 3.32. The Labute approximate surface area is 130 Å². The van der Waals surface area contributed by atoms with E-state index in [1.165, 1.54) is 17.9 Å². The second kappa shape index (κ2) is 5.99. The summed E-state index contributed by atoms with van der Waals surface area (Å²) >= 11 is 0. The molecule has 5 nitrogen and oxygen atoms in total. The highest BCUT2D eigenvalue weighted by molar-refractivity contribution is 7.86. The number of aryl methyl sites for hydroxylation is 1. The standard InChI is InChI=1S/C13H13F4NO4S/c1-8-4-10(22-13(14,15)16)2-3-11(8)18-6-9(5-12(18)19)7-23(17,20)21/h2-4,9H,5-7H2,1H3. The molecule has 23 heavy (non-hydrogen) atoms. The van der Waals surface area contributed by atoms with E-state index in [1.54, 1.807) is 0 Å². The minimum atomic E-state index is -4.82. The summed E-state index contributed by atoms with van der Waals surface area (Å²) in [4.78, 5) is 13.2. The number of alkyl halides is 3. The van der Waals surface area contributed by atoms with Gasteiger partial charge in [-0.3, -0.25) is 4.79 Å². The molecule has 0 N–H and O–H groups in total. The number of amides is 1. The van der Waals surface area contributed by atoms with E-state index in [4.69, 9.17) is 0 Å². The summed E-state index contributed by atoms with van der Waals surface area (Å²) in [5, 5.41) is 0. The van der Waals surface area contributed by atoms with Crippen LogP contribution in [0.2, 0.25) is 0 Å². The number of nitrogens with zero attached hydrogens (tertiary/aromatic N) is 1. The van der Waals surface area contributed by atoms with E-state index >= 15 is 0 Å². The number of benzene rings is 1. The molecule has 0 spiro atoms. The quantitative estimate of drug-likeness (QED) is 0.615. The van der Waals surface area contributed by atoms with Gasteiger partial charge < -0.3 is 9.64 Å². The van der Waals surface area contributed by atoms with E-state index in [-0.39, 0.29) is 13.0 Å². The van der Waals surface area contributed by atoms with Crippen LogP contribution in [-0.2, 0) is 15.0 Å². The van der Waals surface area contributed by atoms with Gasteiger partial charge in [0.05, 0.1) is 5.75 Å². The Hall–Kier alpha value is -1.84. The zero-order chi connectivity index (χ0) is 17.4. The van der Waals surface area contributed by atoms with Crippen molar-refractivity contribution in [2.24, 2.45) is 5.92 Å². The van der Waals surface area contributed by atoms with Crippen LogP contribution in [0.4, 0.5) is 22.7 Å². The van der Waals surface area contributed by atoms with Gasteiger partial charge in [-0.05, 0) is 30.7 Å². The minimum Gasteiger partial charge on any atom is -0.406 e. The molecule has 1 atom stereocenters. The molecule has 1 aliphatic heterocycles. The number of anilines is 1. The first-order chi connectivity index (χ1) is 10.4. The monoisotopic (exact) mass is 355 g/mol. The predicted molar refractivity (Wildman–Crippen MR) is 73.2 cm³/mol. The van der Waals surface area contributed by atoms with E-state index in [1.807, 2.05) is 0 Å². The Kier molecular flexibility index (Phi) is 4.56. The number of halogens is 4. The van der Waals surface area contributed by atoms with Crippen molar-refractivity contribution >= 4 is 21.8 Å². The molecule has 1 saturated heterocycles. The van der Waals surface area contributed by atoms with Gasteiger partial charge in [0.15, 0.2) is 0 Å². The first-order valence-corrected chi connectivity index (χ1v) is 8.09. The van der Waals surface area contributed by atoms with Crippen molar-refractivity contribution < 1.29 is 35.0 Å². The van der Waals surface area contributed by atoms with E-state index in [0.717, 1.165) is 12.1 Å². The molecule has 1 aliphatic rings. The third-order valence-electron chi connectivity index (χ3n) is 3.33. The average molecular weight is 355 g/mol. The van der Waals surface area contributed by atoms with Crippen LogP contribution < -0.4 is 9.64 Å². The van der Waals surface area contributed by atoms with E-state index in [0.29, 0.717) is 11.3 Å². The van der Waals surface area contributed by atoms with Crippen LogP contribution in [0.15, 0.2) is 18.2 Å². The Bertz CT molecular complexity index is 717. The summed E-state index contributed by atoms with van der Waals surface area (Å²) in [5.74, 6) is -2.29. The van der Waals surface area contributed by atoms with Crippen LogP contribution in [0.3, 0.4) is 0 Å². The summed E-state index contributed by atoms with van der Waals surface area (Å²) in [7, 11) is -4.70. The molecule has 0 aliphatic carbocycles. The highest BCUT2D eigenvalue weighted by Gasteiger charge is 2.35. The molecular weight excluding hydrogens is 342 g/mol. The van der Waals surface area contributed by atoms with Crippen LogP contribution in [0.1, 0.15) is 12.0 Å². The predicted octanol–water partition coefficient (Wildman–Crippen LogP) is 2.55. The van der Waals surface area contributed by atoms with Crippen LogP contribution >= 0.6 is 0 Å². The van der Waals surface area contributed by atoms with Gasteiger partial charge in [0, 0.05) is 24.6 Å². The zero-order valence-electron chi connectivity index (χ0n) is 11.9. The van der Waals surface area contributed by atoms with Crippen LogP contribution in [0.5, 0.6) is 5.75 Å². The fourth-order valence-electron chi connectivity index (χ4n) is 2.54. The van der Waals surface area contributed by atoms with Gasteiger partial charge in [-0.25, -0.2) is 0 Å². The third kappa shape index (κ3) is 4.81. The molecule has 0 saturated carbocycles. The lowest BCUT2D eigenvalue weighted by atomic mass is 10.1. The lowest BCUT2D eigenvalue weighted by Gasteiger charge is -2.20. The van der Waals surface area contributed by atoms with Gasteiger partial charge in [-0.1, -0.05) is 0 Å². The number of ether oxygens (including phenoxy) is 1. The number of rotatable bonds is 4. The molecule has 1 amide bonds. The number of hydrogen-bond acceptors (Lipinski definition) is 4. The SMILES string of the molecule is Cc1cc(OC(F)(F)F)ccc1N1CC(CS(=O)(=O)F)CC1=O.